The van der Waals surface area contributed by atoms with E-state index in [1.165, 1.54) is 0 Å². The van der Waals surface area contributed by atoms with E-state index in [4.69, 9.17) is 4.74 Å². The Kier molecular flexibility index (Phi) is 4.67. The molecule has 3 nitrogen and oxygen atoms in total. The summed E-state index contributed by atoms with van der Waals surface area (Å²) in [6.45, 7) is 9.45. The van der Waals surface area contributed by atoms with Crippen LogP contribution in [0.25, 0.3) is 0 Å². The van der Waals surface area contributed by atoms with Crippen LogP contribution in [0.3, 0.4) is 0 Å². The number of carbonyl (C=O) groups is 1. The molecule has 0 aromatic heterocycles. The molecule has 0 bridgehead atoms. The Morgan fingerprint density at radius 2 is 1.69 bits per heavy atom. The molecule has 3 heteroatoms. The predicted octanol–water partition coefficient (Wildman–Crippen LogP) is 3.18. The molecule has 13 heavy (non-hydrogen) atoms. The van der Waals surface area contributed by atoms with Gasteiger partial charge in [-0.2, -0.15) is 4.99 Å². The number of nitrogens with zero attached hydrogens (tertiary/aromatic N) is 1. The van der Waals surface area contributed by atoms with Crippen molar-refractivity contribution in [3.05, 3.63) is 0 Å². The standard InChI is InChI=1S/C10H19NO2/c1-6-8(7-2)11-9(12)13-10(3,4)5/h6-7H2,1-5H3. The zero-order chi connectivity index (χ0) is 10.5. The molecule has 0 aliphatic rings. The van der Waals surface area contributed by atoms with Gasteiger partial charge in [-0.3, -0.25) is 0 Å². The first-order valence-electron chi connectivity index (χ1n) is 4.68. The van der Waals surface area contributed by atoms with Gasteiger partial charge in [0.25, 0.3) is 0 Å². The summed E-state index contributed by atoms with van der Waals surface area (Å²) in [5.74, 6) is 0. The molecule has 0 fully saturated rings. The lowest BCUT2D eigenvalue weighted by Gasteiger charge is -2.17. The van der Waals surface area contributed by atoms with Crippen LogP contribution in [0.4, 0.5) is 4.79 Å². The van der Waals surface area contributed by atoms with Gasteiger partial charge in [-0.25, -0.2) is 4.79 Å². The van der Waals surface area contributed by atoms with E-state index < -0.39 is 11.7 Å². The third kappa shape index (κ3) is 6.31. The fourth-order valence-corrected chi connectivity index (χ4v) is 0.822. The van der Waals surface area contributed by atoms with Gasteiger partial charge in [0.1, 0.15) is 5.60 Å². The molecule has 0 saturated heterocycles. The zero-order valence-corrected chi connectivity index (χ0v) is 9.18. The van der Waals surface area contributed by atoms with Crippen LogP contribution in [0.15, 0.2) is 4.99 Å². The van der Waals surface area contributed by atoms with Crippen molar-refractivity contribution in [1.82, 2.24) is 0 Å². The molecule has 0 unspecified atom stereocenters. The molecule has 0 aromatic rings. The Labute approximate surface area is 80.2 Å². The molecular weight excluding hydrogens is 166 g/mol. The van der Waals surface area contributed by atoms with Crippen LogP contribution in [0, 0.1) is 0 Å². The van der Waals surface area contributed by atoms with E-state index in [9.17, 15) is 4.79 Å². The van der Waals surface area contributed by atoms with Crippen molar-refractivity contribution in [3.8, 4) is 0 Å². The van der Waals surface area contributed by atoms with Gasteiger partial charge in [-0.1, -0.05) is 13.8 Å². The smallest absolute Gasteiger partial charge is 0.434 e. The Morgan fingerprint density at radius 1 is 1.23 bits per heavy atom. The second-order valence-electron chi connectivity index (χ2n) is 3.87. The minimum atomic E-state index is -0.480. The fraction of sp³-hybridized carbons (Fsp3) is 0.800. The maximum absolute atomic E-state index is 11.2. The van der Waals surface area contributed by atoms with Crippen LogP contribution < -0.4 is 0 Å². The van der Waals surface area contributed by atoms with E-state index in [1.54, 1.807) is 0 Å². The molecule has 0 radical (unpaired) electrons. The molecule has 0 spiro atoms. The Hall–Kier alpha value is -0.860. The fourth-order valence-electron chi connectivity index (χ4n) is 0.822. The van der Waals surface area contributed by atoms with E-state index >= 15 is 0 Å². The van der Waals surface area contributed by atoms with Crippen molar-refractivity contribution in [2.24, 2.45) is 4.99 Å². The summed E-state index contributed by atoms with van der Waals surface area (Å²) >= 11 is 0. The first kappa shape index (κ1) is 12.1. The number of hydrogen-bond donors (Lipinski definition) is 0. The molecule has 0 rings (SSSR count). The molecule has 0 atom stereocenters. The van der Waals surface area contributed by atoms with Gasteiger partial charge in [0.2, 0.25) is 0 Å². The molecule has 0 saturated carbocycles. The van der Waals surface area contributed by atoms with E-state index in [0.29, 0.717) is 0 Å². The van der Waals surface area contributed by atoms with Crippen molar-refractivity contribution in [1.29, 1.82) is 0 Å². The van der Waals surface area contributed by atoms with Crippen LogP contribution in [0.2, 0.25) is 0 Å². The highest BCUT2D eigenvalue weighted by molar-refractivity contribution is 5.92. The van der Waals surface area contributed by atoms with E-state index in [1.807, 2.05) is 34.6 Å². The summed E-state index contributed by atoms with van der Waals surface area (Å²) in [6.07, 6.45) is 1.12. The normalized spacial score (nSPS) is 10.8. The molecule has 0 aliphatic carbocycles. The number of hydrogen-bond acceptors (Lipinski definition) is 2. The Bertz CT molecular complexity index is 195. The summed E-state index contributed by atoms with van der Waals surface area (Å²) in [7, 11) is 0. The highest BCUT2D eigenvalue weighted by atomic mass is 16.6. The third-order valence-corrected chi connectivity index (χ3v) is 1.46. The van der Waals surface area contributed by atoms with E-state index in [0.717, 1.165) is 18.6 Å². The van der Waals surface area contributed by atoms with Crippen molar-refractivity contribution >= 4 is 11.8 Å². The average molecular weight is 185 g/mol. The third-order valence-electron chi connectivity index (χ3n) is 1.46. The van der Waals surface area contributed by atoms with Gasteiger partial charge in [-0.05, 0) is 33.6 Å². The highest BCUT2D eigenvalue weighted by Gasteiger charge is 2.15. The number of amides is 1. The van der Waals surface area contributed by atoms with Crippen LogP contribution in [0.5, 0.6) is 0 Å². The summed E-state index contributed by atoms with van der Waals surface area (Å²) in [5.41, 5.74) is 0.432. The minimum Gasteiger partial charge on any atom is -0.442 e. The lowest BCUT2D eigenvalue weighted by Crippen LogP contribution is -2.22. The van der Waals surface area contributed by atoms with Gasteiger partial charge >= 0.3 is 6.09 Å². The number of ether oxygens (including phenoxy) is 1. The van der Waals surface area contributed by atoms with Gasteiger partial charge in [0.05, 0.1) is 0 Å². The topological polar surface area (TPSA) is 38.7 Å². The van der Waals surface area contributed by atoms with Crippen LogP contribution in [0.1, 0.15) is 47.5 Å². The monoisotopic (exact) mass is 185 g/mol. The SMILES string of the molecule is CCC(CC)=NC(=O)OC(C)(C)C. The largest absolute Gasteiger partial charge is 0.442 e. The van der Waals surface area contributed by atoms with Gasteiger partial charge < -0.3 is 4.74 Å². The summed E-state index contributed by atoms with van der Waals surface area (Å²) in [6, 6.07) is 0. The first-order chi connectivity index (χ1) is 5.89. The number of rotatable bonds is 2. The summed E-state index contributed by atoms with van der Waals surface area (Å²) < 4.78 is 5.05. The molecule has 0 N–H and O–H groups in total. The number of aliphatic imine (C=N–C) groups is 1. The molecular formula is C10H19NO2. The minimum absolute atomic E-state index is 0.451. The van der Waals surface area contributed by atoms with E-state index in [-0.39, 0.29) is 0 Å². The van der Waals surface area contributed by atoms with Crippen LogP contribution in [-0.2, 0) is 4.74 Å². The maximum Gasteiger partial charge on any atom is 0.434 e. The van der Waals surface area contributed by atoms with Crippen molar-refractivity contribution in [3.63, 3.8) is 0 Å². The van der Waals surface area contributed by atoms with Crippen LogP contribution >= 0.6 is 0 Å². The molecule has 0 aliphatic heterocycles. The average Bonchev–Trinajstić information content (AvgIpc) is 1.96. The van der Waals surface area contributed by atoms with Crippen LogP contribution in [-0.4, -0.2) is 17.4 Å². The highest BCUT2D eigenvalue weighted by Crippen LogP contribution is 2.08. The van der Waals surface area contributed by atoms with Gasteiger partial charge in [0, 0.05) is 5.71 Å². The number of carbonyl (C=O) groups excluding carboxylic acids is 1. The Balaban J connectivity index is 4.21. The molecule has 76 valence electrons. The molecule has 0 heterocycles. The van der Waals surface area contributed by atoms with Crippen molar-refractivity contribution in [2.75, 3.05) is 0 Å². The lowest BCUT2D eigenvalue weighted by molar-refractivity contribution is 0.0603. The summed E-state index contributed by atoms with van der Waals surface area (Å²) in [4.78, 5) is 15.0. The van der Waals surface area contributed by atoms with Crippen molar-refractivity contribution < 1.29 is 9.53 Å². The first-order valence-corrected chi connectivity index (χ1v) is 4.68. The predicted molar refractivity (Wildman–Crippen MR) is 54.3 cm³/mol. The summed E-state index contributed by atoms with van der Waals surface area (Å²) in [5, 5.41) is 0. The van der Waals surface area contributed by atoms with Gasteiger partial charge in [0.15, 0.2) is 0 Å². The maximum atomic E-state index is 11.2. The quantitative estimate of drug-likeness (QED) is 0.620. The lowest BCUT2D eigenvalue weighted by atomic mass is 10.2. The van der Waals surface area contributed by atoms with Crippen molar-refractivity contribution in [2.45, 2.75) is 53.1 Å². The Morgan fingerprint density at radius 3 is 2.00 bits per heavy atom. The van der Waals surface area contributed by atoms with Gasteiger partial charge in [-0.15, -0.1) is 0 Å². The van der Waals surface area contributed by atoms with E-state index in [2.05, 4.69) is 4.99 Å². The molecule has 1 amide bonds. The second kappa shape index (κ2) is 5.00. The molecule has 0 aromatic carbocycles. The second-order valence-corrected chi connectivity index (χ2v) is 3.87. The zero-order valence-electron chi connectivity index (χ0n) is 9.18.